The van der Waals surface area contributed by atoms with Crippen LogP contribution in [0.5, 0.6) is 0 Å². The molecule has 3 aliphatic rings. The summed E-state index contributed by atoms with van der Waals surface area (Å²) in [4.78, 5) is 2.62. The molecule has 0 saturated carbocycles. The number of thioether (sulfide) groups is 1. The molecule has 3 saturated heterocycles. The van der Waals surface area contributed by atoms with E-state index in [1.165, 1.54) is 42.9 Å². The minimum absolute atomic E-state index is 0.188. The van der Waals surface area contributed by atoms with Gasteiger partial charge in [0.05, 0.1) is 12.7 Å². The van der Waals surface area contributed by atoms with Gasteiger partial charge in [-0.15, -0.1) is 0 Å². The summed E-state index contributed by atoms with van der Waals surface area (Å²) in [6.07, 6.45) is 4.08. The molecule has 3 nitrogen and oxygen atoms in total. The van der Waals surface area contributed by atoms with Gasteiger partial charge in [-0.25, -0.2) is 0 Å². The molecule has 126 valence electrons. The first-order chi connectivity index (χ1) is 11.3. The van der Waals surface area contributed by atoms with Crippen LogP contribution >= 0.6 is 23.4 Å². The van der Waals surface area contributed by atoms with E-state index in [-0.39, 0.29) is 6.10 Å². The molecule has 0 aromatic heterocycles. The van der Waals surface area contributed by atoms with E-state index in [2.05, 4.69) is 34.1 Å². The molecule has 0 bridgehead atoms. The summed E-state index contributed by atoms with van der Waals surface area (Å²) in [5.41, 5.74) is 1.24. The summed E-state index contributed by atoms with van der Waals surface area (Å²) in [7, 11) is 0. The predicted octanol–water partition coefficient (Wildman–Crippen LogP) is 3.34. The number of benzene rings is 1. The smallest absolute Gasteiger partial charge is 0.0952 e. The number of ether oxygens (including phenoxy) is 1. The number of halogens is 1. The van der Waals surface area contributed by atoms with E-state index in [1.54, 1.807) is 0 Å². The van der Waals surface area contributed by atoms with Crippen LogP contribution in [0, 0.1) is 0 Å². The highest BCUT2D eigenvalue weighted by molar-refractivity contribution is 7.99. The highest BCUT2D eigenvalue weighted by Crippen LogP contribution is 2.31. The van der Waals surface area contributed by atoms with Gasteiger partial charge in [0.2, 0.25) is 0 Å². The molecule has 5 heteroatoms. The lowest BCUT2D eigenvalue weighted by atomic mass is 10.1. The molecule has 1 aromatic rings. The van der Waals surface area contributed by atoms with Crippen LogP contribution in [0.1, 0.15) is 30.9 Å². The van der Waals surface area contributed by atoms with Gasteiger partial charge in [-0.2, -0.15) is 11.8 Å². The van der Waals surface area contributed by atoms with E-state index in [4.69, 9.17) is 16.3 Å². The molecular formula is C18H25ClN2OS. The molecular weight excluding hydrogens is 328 g/mol. The first-order valence-corrected chi connectivity index (χ1v) is 10.3. The third kappa shape index (κ3) is 3.88. The molecule has 3 atom stereocenters. The molecule has 3 aliphatic heterocycles. The zero-order valence-corrected chi connectivity index (χ0v) is 15.0. The number of nitrogens with one attached hydrogen (secondary N) is 1. The number of rotatable bonds is 3. The monoisotopic (exact) mass is 352 g/mol. The number of fused-ring (bicyclic) bond motifs is 1. The summed E-state index contributed by atoms with van der Waals surface area (Å²) in [6.45, 7) is 3.03. The van der Waals surface area contributed by atoms with E-state index in [9.17, 15) is 0 Å². The van der Waals surface area contributed by atoms with Gasteiger partial charge >= 0.3 is 0 Å². The number of hydrogen-bond donors (Lipinski definition) is 1. The molecule has 4 rings (SSSR count). The van der Waals surface area contributed by atoms with Crippen molar-refractivity contribution in [1.29, 1.82) is 0 Å². The van der Waals surface area contributed by atoms with Gasteiger partial charge in [0, 0.05) is 36.2 Å². The fraction of sp³-hybridized carbons (Fsp3) is 0.667. The molecule has 0 radical (unpaired) electrons. The third-order valence-corrected chi connectivity index (χ3v) is 6.65. The van der Waals surface area contributed by atoms with Gasteiger partial charge in [-0.1, -0.05) is 23.7 Å². The number of morpholine rings is 1. The Morgan fingerprint density at radius 2 is 1.87 bits per heavy atom. The lowest BCUT2D eigenvalue weighted by Crippen LogP contribution is -2.44. The molecule has 0 spiro atoms. The Balaban J connectivity index is 1.33. The minimum atomic E-state index is 0.188. The summed E-state index contributed by atoms with van der Waals surface area (Å²) >= 11 is 8.09. The molecule has 23 heavy (non-hydrogen) atoms. The van der Waals surface area contributed by atoms with E-state index < -0.39 is 0 Å². The topological polar surface area (TPSA) is 24.5 Å². The summed E-state index contributed by atoms with van der Waals surface area (Å²) < 4.78 is 6.14. The van der Waals surface area contributed by atoms with Crippen molar-refractivity contribution in [2.24, 2.45) is 0 Å². The Labute approximate surface area is 148 Å². The Morgan fingerprint density at radius 3 is 2.65 bits per heavy atom. The van der Waals surface area contributed by atoms with Gasteiger partial charge in [0.25, 0.3) is 0 Å². The Bertz CT molecular complexity index is 520. The van der Waals surface area contributed by atoms with Gasteiger partial charge in [0.15, 0.2) is 0 Å². The van der Waals surface area contributed by atoms with Crippen molar-refractivity contribution in [1.82, 2.24) is 10.2 Å². The fourth-order valence-electron chi connectivity index (χ4n) is 4.07. The number of nitrogens with zero attached hydrogens (tertiary/aromatic N) is 1. The van der Waals surface area contributed by atoms with Crippen molar-refractivity contribution in [2.45, 2.75) is 43.5 Å². The maximum absolute atomic E-state index is 6.14. The molecule has 3 heterocycles. The van der Waals surface area contributed by atoms with Crippen LogP contribution in [-0.4, -0.2) is 54.2 Å². The summed E-state index contributed by atoms with van der Waals surface area (Å²) in [6, 6.07) is 10.1. The minimum Gasteiger partial charge on any atom is -0.371 e. The lowest BCUT2D eigenvalue weighted by Gasteiger charge is -2.35. The first kappa shape index (κ1) is 16.2. The largest absolute Gasteiger partial charge is 0.371 e. The second-order valence-corrected chi connectivity index (χ2v) is 8.63. The van der Waals surface area contributed by atoms with Crippen LogP contribution in [0.4, 0.5) is 0 Å². The SMILES string of the molecule is Clc1ccc([C@H]2CN3C[C@H](NC4CCSCC4)C[C@H]3CO2)cc1. The zero-order chi connectivity index (χ0) is 15.6. The molecule has 0 aliphatic carbocycles. The Morgan fingerprint density at radius 1 is 1.09 bits per heavy atom. The van der Waals surface area contributed by atoms with E-state index in [0.29, 0.717) is 12.1 Å². The van der Waals surface area contributed by atoms with Crippen LogP contribution in [0.3, 0.4) is 0 Å². The maximum atomic E-state index is 6.14. The fourth-order valence-corrected chi connectivity index (χ4v) is 5.30. The van der Waals surface area contributed by atoms with Crippen molar-refractivity contribution in [3.63, 3.8) is 0 Å². The molecule has 0 unspecified atom stereocenters. The van der Waals surface area contributed by atoms with Crippen LogP contribution in [-0.2, 0) is 4.74 Å². The van der Waals surface area contributed by atoms with Gasteiger partial charge in [0.1, 0.15) is 0 Å². The molecule has 3 fully saturated rings. The summed E-state index contributed by atoms with van der Waals surface area (Å²) in [5, 5.41) is 4.70. The predicted molar refractivity (Wildman–Crippen MR) is 97.4 cm³/mol. The molecule has 1 N–H and O–H groups in total. The number of hydrogen-bond acceptors (Lipinski definition) is 4. The second kappa shape index (κ2) is 7.32. The summed E-state index contributed by atoms with van der Waals surface area (Å²) in [5.74, 6) is 2.64. The first-order valence-electron chi connectivity index (χ1n) is 8.73. The quantitative estimate of drug-likeness (QED) is 0.901. The molecule has 1 aromatic carbocycles. The third-order valence-electron chi connectivity index (χ3n) is 5.35. The Kier molecular flexibility index (Phi) is 5.16. The van der Waals surface area contributed by atoms with Crippen molar-refractivity contribution in [2.75, 3.05) is 31.2 Å². The highest BCUT2D eigenvalue weighted by atomic mass is 35.5. The van der Waals surface area contributed by atoms with Crippen molar-refractivity contribution in [3.05, 3.63) is 34.9 Å². The normalized spacial score (nSPS) is 32.8. The maximum Gasteiger partial charge on any atom is 0.0952 e. The second-order valence-electron chi connectivity index (χ2n) is 6.97. The van der Waals surface area contributed by atoms with Crippen molar-refractivity contribution >= 4 is 23.4 Å². The Hall–Kier alpha value is -0.260. The standard InChI is InChI=1S/C18H25ClN2OS/c19-14-3-1-13(2-4-14)18-11-21-10-16(9-17(21)12-22-18)20-15-5-7-23-8-6-15/h1-4,15-18,20H,5-12H2/t16-,17+,18-/m1/s1. The lowest BCUT2D eigenvalue weighted by molar-refractivity contribution is -0.0502. The average molecular weight is 353 g/mol. The van der Waals surface area contributed by atoms with Crippen LogP contribution < -0.4 is 5.32 Å². The van der Waals surface area contributed by atoms with E-state index in [0.717, 1.165) is 24.2 Å². The zero-order valence-electron chi connectivity index (χ0n) is 13.4. The van der Waals surface area contributed by atoms with Gasteiger partial charge < -0.3 is 10.1 Å². The highest BCUT2D eigenvalue weighted by Gasteiger charge is 2.38. The van der Waals surface area contributed by atoms with Crippen LogP contribution in [0.15, 0.2) is 24.3 Å². The van der Waals surface area contributed by atoms with Crippen LogP contribution in [0.25, 0.3) is 0 Å². The van der Waals surface area contributed by atoms with Gasteiger partial charge in [-0.3, -0.25) is 4.90 Å². The molecule has 0 amide bonds. The van der Waals surface area contributed by atoms with E-state index >= 15 is 0 Å². The van der Waals surface area contributed by atoms with Crippen LogP contribution in [0.2, 0.25) is 5.02 Å². The van der Waals surface area contributed by atoms with Gasteiger partial charge in [-0.05, 0) is 48.5 Å². The van der Waals surface area contributed by atoms with Crippen molar-refractivity contribution in [3.8, 4) is 0 Å². The van der Waals surface area contributed by atoms with Crippen molar-refractivity contribution < 1.29 is 4.74 Å². The average Bonchev–Trinajstić information content (AvgIpc) is 2.98. The van der Waals surface area contributed by atoms with E-state index in [1.807, 2.05) is 12.1 Å².